The molecule has 0 bridgehead atoms. The molecule has 0 atom stereocenters. The Bertz CT molecular complexity index is 557. The van der Waals surface area contributed by atoms with E-state index < -0.39 is 0 Å². The molecule has 26 heavy (non-hydrogen) atoms. The van der Waals surface area contributed by atoms with Gasteiger partial charge in [-0.15, -0.1) is 24.8 Å². The van der Waals surface area contributed by atoms with Gasteiger partial charge in [-0.3, -0.25) is 9.89 Å². The third-order valence-electron chi connectivity index (χ3n) is 5.14. The van der Waals surface area contributed by atoms with Crippen molar-refractivity contribution in [2.24, 2.45) is 5.92 Å². The average Bonchev–Trinajstić information content (AvgIpc) is 3.03. The fourth-order valence-corrected chi connectivity index (χ4v) is 3.49. The SMILES string of the molecule is CN(C)CCN1CCC(CNC(=O)c2n[nH]c3c2CNCC3)CC1.Cl.Cl. The molecule has 3 N–H and O–H groups in total. The number of carbonyl (C=O) groups excluding carboxylic acids is 1. The molecule has 0 aliphatic carbocycles. The zero-order valence-corrected chi connectivity index (χ0v) is 17.3. The van der Waals surface area contributed by atoms with Crippen LogP contribution in [0.3, 0.4) is 0 Å². The monoisotopic (exact) mass is 406 g/mol. The van der Waals surface area contributed by atoms with Gasteiger partial charge in [0.2, 0.25) is 0 Å². The predicted molar refractivity (Wildman–Crippen MR) is 109 cm³/mol. The van der Waals surface area contributed by atoms with Crippen molar-refractivity contribution in [3.05, 3.63) is 17.0 Å². The molecule has 1 saturated heterocycles. The summed E-state index contributed by atoms with van der Waals surface area (Å²) in [5, 5.41) is 13.6. The van der Waals surface area contributed by atoms with Crippen LogP contribution in [0.25, 0.3) is 0 Å². The van der Waals surface area contributed by atoms with E-state index in [2.05, 4.69) is 44.7 Å². The number of amides is 1. The van der Waals surface area contributed by atoms with Crippen LogP contribution in [0.4, 0.5) is 0 Å². The minimum atomic E-state index is -0.0359. The number of aromatic amines is 1. The minimum absolute atomic E-state index is 0. The number of likely N-dealkylation sites (tertiary alicyclic amines) is 1. The number of carbonyl (C=O) groups is 1. The Hall–Kier alpha value is -0.860. The Labute approximate surface area is 168 Å². The molecule has 0 saturated carbocycles. The van der Waals surface area contributed by atoms with Gasteiger partial charge >= 0.3 is 0 Å². The fourth-order valence-electron chi connectivity index (χ4n) is 3.49. The number of nitrogens with zero attached hydrogens (tertiary/aromatic N) is 3. The lowest BCUT2D eigenvalue weighted by molar-refractivity contribution is 0.0929. The van der Waals surface area contributed by atoms with Crippen LogP contribution in [0.15, 0.2) is 0 Å². The van der Waals surface area contributed by atoms with Crippen LogP contribution in [0.5, 0.6) is 0 Å². The topological polar surface area (TPSA) is 76.3 Å². The van der Waals surface area contributed by atoms with Gasteiger partial charge in [0.05, 0.1) is 0 Å². The van der Waals surface area contributed by atoms with Crippen LogP contribution in [-0.2, 0) is 13.0 Å². The highest BCUT2D eigenvalue weighted by Crippen LogP contribution is 2.18. The highest BCUT2D eigenvalue weighted by molar-refractivity contribution is 5.94. The third kappa shape index (κ3) is 6.09. The van der Waals surface area contributed by atoms with E-state index in [1.54, 1.807) is 0 Å². The molecule has 0 unspecified atom stereocenters. The van der Waals surface area contributed by atoms with Gasteiger partial charge in [-0.05, 0) is 45.9 Å². The maximum absolute atomic E-state index is 12.4. The van der Waals surface area contributed by atoms with Crippen LogP contribution in [0, 0.1) is 5.92 Å². The van der Waals surface area contributed by atoms with Crippen LogP contribution >= 0.6 is 24.8 Å². The number of nitrogens with one attached hydrogen (secondary N) is 3. The molecular formula is C17H32Cl2N6O. The summed E-state index contributed by atoms with van der Waals surface area (Å²) in [7, 11) is 4.23. The number of hydrogen-bond donors (Lipinski definition) is 3. The van der Waals surface area contributed by atoms with Gasteiger partial charge in [-0.1, -0.05) is 0 Å². The number of likely N-dealkylation sites (N-methyl/N-ethyl adjacent to an activating group) is 1. The van der Waals surface area contributed by atoms with E-state index in [-0.39, 0.29) is 30.7 Å². The quantitative estimate of drug-likeness (QED) is 0.654. The summed E-state index contributed by atoms with van der Waals surface area (Å²) in [5.41, 5.74) is 2.71. The van der Waals surface area contributed by atoms with E-state index in [1.807, 2.05) is 0 Å². The summed E-state index contributed by atoms with van der Waals surface area (Å²) in [6.45, 7) is 6.96. The van der Waals surface area contributed by atoms with Crippen molar-refractivity contribution in [3.63, 3.8) is 0 Å². The Morgan fingerprint density at radius 2 is 2.04 bits per heavy atom. The Balaban J connectivity index is 0.00000169. The van der Waals surface area contributed by atoms with Crippen LogP contribution in [0.2, 0.25) is 0 Å². The normalized spacial score (nSPS) is 18.0. The number of hydrogen-bond acceptors (Lipinski definition) is 5. The number of fused-ring (bicyclic) bond motifs is 1. The van der Waals surface area contributed by atoms with Crippen molar-refractivity contribution < 1.29 is 4.79 Å². The Morgan fingerprint density at radius 1 is 1.31 bits per heavy atom. The summed E-state index contributed by atoms with van der Waals surface area (Å²) in [5.74, 6) is 0.545. The van der Waals surface area contributed by atoms with Crippen molar-refractivity contribution >= 4 is 30.7 Å². The van der Waals surface area contributed by atoms with Gasteiger partial charge in [-0.25, -0.2) is 0 Å². The molecule has 0 aromatic carbocycles. The van der Waals surface area contributed by atoms with Gasteiger partial charge in [0.25, 0.3) is 5.91 Å². The first-order chi connectivity index (χ1) is 11.6. The average molecular weight is 407 g/mol. The van der Waals surface area contributed by atoms with Crippen molar-refractivity contribution in [1.82, 2.24) is 30.6 Å². The molecule has 0 radical (unpaired) electrons. The molecular weight excluding hydrogens is 375 g/mol. The van der Waals surface area contributed by atoms with Gasteiger partial charge in [-0.2, -0.15) is 5.10 Å². The zero-order valence-electron chi connectivity index (χ0n) is 15.7. The van der Waals surface area contributed by atoms with E-state index in [4.69, 9.17) is 0 Å². The highest BCUT2D eigenvalue weighted by Gasteiger charge is 2.23. The molecule has 1 aromatic rings. The smallest absolute Gasteiger partial charge is 0.272 e. The number of piperidine rings is 1. The molecule has 1 amide bonds. The lowest BCUT2D eigenvalue weighted by atomic mass is 9.96. The van der Waals surface area contributed by atoms with Crippen molar-refractivity contribution in [1.29, 1.82) is 0 Å². The van der Waals surface area contributed by atoms with Gasteiger partial charge in [0.15, 0.2) is 5.69 Å². The van der Waals surface area contributed by atoms with E-state index >= 15 is 0 Å². The molecule has 2 aliphatic rings. The lowest BCUT2D eigenvalue weighted by Crippen LogP contribution is -2.41. The predicted octanol–water partition coefficient (Wildman–Crippen LogP) is 0.902. The zero-order chi connectivity index (χ0) is 16.9. The summed E-state index contributed by atoms with van der Waals surface area (Å²) < 4.78 is 0. The maximum atomic E-state index is 12.4. The number of halogens is 2. The second-order valence-corrected chi connectivity index (χ2v) is 7.25. The molecule has 1 fully saturated rings. The molecule has 9 heteroatoms. The summed E-state index contributed by atoms with van der Waals surface area (Å²) >= 11 is 0. The lowest BCUT2D eigenvalue weighted by Gasteiger charge is -2.32. The van der Waals surface area contributed by atoms with Crippen molar-refractivity contribution in [3.8, 4) is 0 Å². The van der Waals surface area contributed by atoms with Crippen LogP contribution < -0.4 is 10.6 Å². The van der Waals surface area contributed by atoms with Crippen LogP contribution in [0.1, 0.15) is 34.6 Å². The molecule has 1 aromatic heterocycles. The first-order valence-electron chi connectivity index (χ1n) is 9.05. The van der Waals surface area contributed by atoms with Gasteiger partial charge < -0.3 is 20.4 Å². The van der Waals surface area contributed by atoms with Crippen LogP contribution in [-0.4, -0.2) is 79.3 Å². The maximum Gasteiger partial charge on any atom is 0.272 e. The largest absolute Gasteiger partial charge is 0.350 e. The first kappa shape index (κ1) is 23.2. The number of rotatable bonds is 6. The Kier molecular flexibility index (Phi) is 9.89. The van der Waals surface area contributed by atoms with E-state index in [9.17, 15) is 4.79 Å². The standard InChI is InChI=1S/C17H30N6O.2ClH/c1-22(2)9-10-23-7-4-13(5-8-23)11-19-17(24)16-14-12-18-6-3-15(14)20-21-16;;/h13,18H,3-12H2,1-2H3,(H,19,24)(H,20,21);2*1H. The van der Waals surface area contributed by atoms with Gasteiger partial charge in [0, 0.05) is 50.4 Å². The second-order valence-electron chi connectivity index (χ2n) is 7.25. The summed E-state index contributed by atoms with van der Waals surface area (Å²) in [6.07, 6.45) is 3.24. The van der Waals surface area contributed by atoms with Gasteiger partial charge in [0.1, 0.15) is 0 Å². The first-order valence-corrected chi connectivity index (χ1v) is 9.05. The fraction of sp³-hybridized carbons (Fsp3) is 0.765. The third-order valence-corrected chi connectivity index (χ3v) is 5.14. The van der Waals surface area contributed by atoms with E-state index in [0.29, 0.717) is 11.6 Å². The second kappa shape index (κ2) is 11.1. The summed E-state index contributed by atoms with van der Waals surface area (Å²) in [4.78, 5) is 17.2. The number of H-pyrrole nitrogens is 1. The van der Waals surface area contributed by atoms with Crippen molar-refractivity contribution in [2.75, 3.05) is 53.4 Å². The van der Waals surface area contributed by atoms with E-state index in [0.717, 1.165) is 76.3 Å². The van der Waals surface area contributed by atoms with Crippen molar-refractivity contribution in [2.45, 2.75) is 25.8 Å². The molecule has 3 heterocycles. The molecule has 150 valence electrons. The summed E-state index contributed by atoms with van der Waals surface area (Å²) in [6, 6.07) is 0. The Morgan fingerprint density at radius 3 is 2.73 bits per heavy atom. The highest BCUT2D eigenvalue weighted by atomic mass is 35.5. The molecule has 7 nitrogen and oxygen atoms in total. The number of aromatic nitrogens is 2. The van der Waals surface area contributed by atoms with E-state index in [1.165, 1.54) is 0 Å². The molecule has 3 rings (SSSR count). The minimum Gasteiger partial charge on any atom is -0.350 e. The molecule has 0 spiro atoms. The molecule has 2 aliphatic heterocycles.